The molecule has 1 fully saturated rings. The van der Waals surface area contributed by atoms with Crippen molar-refractivity contribution in [1.29, 1.82) is 0 Å². The number of carboxylic acids is 1. The Labute approximate surface area is 175 Å². The number of H-pyrrole nitrogens is 1. The van der Waals surface area contributed by atoms with Gasteiger partial charge in [-0.2, -0.15) is 4.98 Å². The molecule has 164 valence electrons. The van der Waals surface area contributed by atoms with Crippen LogP contribution < -0.4 is 16.6 Å². The zero-order valence-electron chi connectivity index (χ0n) is 16.9. The van der Waals surface area contributed by atoms with Gasteiger partial charge in [-0.3, -0.25) is 34.0 Å². The number of hydrogen-bond acceptors (Lipinski definition) is 7. The summed E-state index contributed by atoms with van der Waals surface area (Å²) in [5, 5.41) is 11.6. The highest BCUT2D eigenvalue weighted by molar-refractivity contribution is 5.87. The Balaban J connectivity index is 2.25. The van der Waals surface area contributed by atoms with E-state index in [9.17, 15) is 29.1 Å². The van der Waals surface area contributed by atoms with Crippen LogP contribution >= 0.6 is 0 Å². The number of anilines is 1. The van der Waals surface area contributed by atoms with Crippen molar-refractivity contribution in [3.05, 3.63) is 20.8 Å². The Morgan fingerprint density at radius 3 is 2.68 bits per heavy atom. The fourth-order valence-electron chi connectivity index (χ4n) is 3.72. The molecule has 1 saturated heterocycles. The van der Waals surface area contributed by atoms with Crippen LogP contribution in [0.5, 0.6) is 0 Å². The maximum Gasteiger partial charge on any atom is 0.333 e. The van der Waals surface area contributed by atoms with E-state index >= 15 is 0 Å². The number of nitrogens with zero attached hydrogens (tertiary/aromatic N) is 3. The molecule has 0 bridgehead atoms. The number of carboxylic acid groups (broad SMARTS) is 1. The maximum absolute atomic E-state index is 13.2. The van der Waals surface area contributed by atoms with Gasteiger partial charge in [0, 0.05) is 19.3 Å². The van der Waals surface area contributed by atoms with Crippen LogP contribution in [-0.4, -0.2) is 48.0 Å². The third kappa shape index (κ3) is 4.13. The Kier molecular flexibility index (Phi) is 6.07. The van der Waals surface area contributed by atoms with Crippen LogP contribution in [0.2, 0.25) is 0 Å². The van der Waals surface area contributed by atoms with Gasteiger partial charge in [-0.15, -0.1) is 6.42 Å². The lowest BCUT2D eigenvalue weighted by atomic mass is 9.97. The highest BCUT2D eigenvalue weighted by atomic mass is 16.5. The van der Waals surface area contributed by atoms with Gasteiger partial charge in [0.2, 0.25) is 11.9 Å². The first-order chi connectivity index (χ1) is 14.7. The molecule has 0 spiro atoms. The number of aromatic amines is 1. The number of terminal acetylenes is 1. The molecule has 12 nitrogen and oxygen atoms in total. The first kappa shape index (κ1) is 22.0. The van der Waals surface area contributed by atoms with Crippen LogP contribution in [0.15, 0.2) is 9.59 Å². The molecular weight excluding hydrogens is 410 g/mol. The molecule has 1 amide bonds. The summed E-state index contributed by atoms with van der Waals surface area (Å²) in [5.74, 6) is -0.519. The molecule has 3 rings (SSSR count). The minimum atomic E-state index is -1.16. The topological polar surface area (TPSA) is 165 Å². The van der Waals surface area contributed by atoms with E-state index in [1.54, 1.807) is 6.92 Å². The molecule has 0 radical (unpaired) electrons. The first-order valence-electron chi connectivity index (χ1n) is 9.53. The fourth-order valence-corrected chi connectivity index (χ4v) is 3.72. The Bertz CT molecular complexity index is 1220. The predicted molar refractivity (Wildman–Crippen MR) is 107 cm³/mol. The van der Waals surface area contributed by atoms with Gasteiger partial charge in [0.15, 0.2) is 16.9 Å². The molecule has 1 aliphatic rings. The monoisotopic (exact) mass is 431 g/mol. The minimum Gasteiger partial charge on any atom is -0.481 e. The zero-order chi connectivity index (χ0) is 22.9. The average molecular weight is 431 g/mol. The highest BCUT2D eigenvalue weighted by Crippen LogP contribution is 2.38. The minimum absolute atomic E-state index is 0.0969. The van der Waals surface area contributed by atoms with Crippen molar-refractivity contribution < 1.29 is 24.2 Å². The third-order valence-electron chi connectivity index (χ3n) is 4.98. The number of ketones is 1. The number of ether oxygens (including phenoxy) is 1. The van der Waals surface area contributed by atoms with Gasteiger partial charge in [0.05, 0.1) is 13.0 Å². The number of fused-ring (bicyclic) bond motifs is 1. The molecule has 3 heterocycles. The number of rotatable bonds is 7. The molecule has 0 aliphatic carbocycles. The summed E-state index contributed by atoms with van der Waals surface area (Å²) in [6.07, 6.45) is 3.19. The Morgan fingerprint density at radius 2 is 2.10 bits per heavy atom. The summed E-state index contributed by atoms with van der Waals surface area (Å²) in [4.78, 5) is 67.3. The number of aromatic nitrogens is 4. The molecule has 0 aromatic carbocycles. The van der Waals surface area contributed by atoms with Crippen LogP contribution in [0.3, 0.4) is 0 Å². The van der Waals surface area contributed by atoms with Gasteiger partial charge in [0.25, 0.3) is 5.56 Å². The standard InChI is InChI=1S/C19H21N5O7/c1-4-6-23-14-15(21-18(20-9(3)25)22-16(14)29)24(19(23)30)17-10(8-13(27)28)7-12(31-17)11(26)5-2/h1,10,12,17H,5-8H2,2-3H3,(H,27,28)(H2,20,21,22,25,29)/t10-,12+,17-/m1/s1. The fraction of sp³-hybridized carbons (Fsp3) is 0.474. The van der Waals surface area contributed by atoms with E-state index in [4.69, 9.17) is 11.2 Å². The van der Waals surface area contributed by atoms with Crippen molar-refractivity contribution in [3.8, 4) is 12.3 Å². The van der Waals surface area contributed by atoms with Crippen LogP contribution in [0.4, 0.5) is 5.95 Å². The molecule has 2 aromatic rings. The molecule has 1 aliphatic heterocycles. The van der Waals surface area contributed by atoms with Crippen molar-refractivity contribution in [1.82, 2.24) is 19.1 Å². The van der Waals surface area contributed by atoms with Crippen molar-refractivity contribution in [2.45, 2.75) is 52.0 Å². The lowest BCUT2D eigenvalue weighted by Crippen LogP contribution is -2.31. The number of nitrogens with one attached hydrogen (secondary N) is 2. The van der Waals surface area contributed by atoms with Gasteiger partial charge in [0.1, 0.15) is 12.3 Å². The molecular formula is C19H21N5O7. The molecule has 0 saturated carbocycles. The van der Waals surface area contributed by atoms with E-state index in [2.05, 4.69) is 21.2 Å². The van der Waals surface area contributed by atoms with Crippen LogP contribution in [0, 0.1) is 18.3 Å². The van der Waals surface area contributed by atoms with Gasteiger partial charge in [-0.1, -0.05) is 12.8 Å². The smallest absolute Gasteiger partial charge is 0.333 e. The van der Waals surface area contributed by atoms with Crippen molar-refractivity contribution in [2.24, 2.45) is 5.92 Å². The summed E-state index contributed by atoms with van der Waals surface area (Å²) < 4.78 is 7.84. The second-order valence-electron chi connectivity index (χ2n) is 7.14. The average Bonchev–Trinajstić information content (AvgIpc) is 3.19. The number of aliphatic carboxylic acids is 1. The quantitative estimate of drug-likeness (QED) is 0.509. The third-order valence-corrected chi connectivity index (χ3v) is 4.98. The number of carbonyl (C=O) groups is 3. The van der Waals surface area contributed by atoms with E-state index < -0.39 is 41.4 Å². The number of amides is 1. The normalized spacial score (nSPS) is 20.5. The van der Waals surface area contributed by atoms with Crippen molar-refractivity contribution >= 4 is 34.8 Å². The molecule has 2 aromatic heterocycles. The second-order valence-corrected chi connectivity index (χ2v) is 7.14. The molecule has 31 heavy (non-hydrogen) atoms. The van der Waals surface area contributed by atoms with Gasteiger partial charge in [-0.25, -0.2) is 9.36 Å². The summed E-state index contributed by atoms with van der Waals surface area (Å²) in [5.41, 5.74) is -1.76. The van der Waals surface area contributed by atoms with Gasteiger partial charge in [-0.05, 0) is 6.42 Å². The lowest BCUT2D eigenvalue weighted by Gasteiger charge is -2.18. The van der Waals surface area contributed by atoms with E-state index in [1.165, 1.54) is 6.92 Å². The van der Waals surface area contributed by atoms with E-state index in [1.807, 2.05) is 0 Å². The van der Waals surface area contributed by atoms with Gasteiger partial charge < -0.3 is 9.84 Å². The van der Waals surface area contributed by atoms with E-state index in [-0.39, 0.29) is 48.7 Å². The van der Waals surface area contributed by atoms with Crippen LogP contribution in [-0.2, 0) is 25.7 Å². The number of hydrogen-bond donors (Lipinski definition) is 3. The zero-order valence-corrected chi connectivity index (χ0v) is 16.9. The molecule has 3 N–H and O–H groups in total. The molecule has 3 atom stereocenters. The van der Waals surface area contributed by atoms with Crippen molar-refractivity contribution in [3.63, 3.8) is 0 Å². The lowest BCUT2D eigenvalue weighted by molar-refractivity contribution is -0.139. The largest absolute Gasteiger partial charge is 0.481 e. The van der Waals surface area contributed by atoms with Crippen molar-refractivity contribution in [2.75, 3.05) is 5.32 Å². The van der Waals surface area contributed by atoms with E-state index in [0.29, 0.717) is 0 Å². The van der Waals surface area contributed by atoms with Crippen LogP contribution in [0.1, 0.15) is 39.3 Å². The van der Waals surface area contributed by atoms with Crippen LogP contribution in [0.25, 0.3) is 11.2 Å². The van der Waals surface area contributed by atoms with Gasteiger partial charge >= 0.3 is 11.7 Å². The summed E-state index contributed by atoms with van der Waals surface area (Å²) in [6, 6.07) is 0. The number of Topliss-reactive ketones (excluding diaryl/α,β-unsaturated/α-hetero) is 1. The number of imidazole rings is 1. The Morgan fingerprint density at radius 1 is 1.39 bits per heavy atom. The van der Waals surface area contributed by atoms with E-state index in [0.717, 1.165) is 9.13 Å². The SMILES string of the molecule is C#CCn1c(=O)n([C@@H]2O[C@H](C(=O)CC)C[C@@H]2CC(=O)O)c2nc(NC(C)=O)[nH]c(=O)c21. The molecule has 12 heteroatoms. The highest BCUT2D eigenvalue weighted by Gasteiger charge is 2.42. The summed E-state index contributed by atoms with van der Waals surface area (Å²) >= 11 is 0. The molecule has 0 unspecified atom stereocenters. The Hall–Kier alpha value is -3.72. The maximum atomic E-state index is 13.2. The number of carbonyl (C=O) groups excluding carboxylic acids is 2. The predicted octanol–water partition coefficient (Wildman–Crippen LogP) is -0.165. The first-order valence-corrected chi connectivity index (χ1v) is 9.53. The second kappa shape index (κ2) is 8.57. The summed E-state index contributed by atoms with van der Waals surface area (Å²) in [7, 11) is 0. The summed E-state index contributed by atoms with van der Waals surface area (Å²) in [6.45, 7) is 2.61.